The summed E-state index contributed by atoms with van der Waals surface area (Å²) in [5, 5.41) is 0. The van der Waals surface area contributed by atoms with Crippen LogP contribution in [0.1, 0.15) is 0 Å². The second kappa shape index (κ2) is 5.80. The molecule has 0 saturated carbocycles. The van der Waals surface area contributed by atoms with Gasteiger partial charge in [0.05, 0.1) is 6.61 Å². The predicted octanol–water partition coefficient (Wildman–Crippen LogP) is 0.138. The number of hydrogen-bond donors (Lipinski definition) is 1. The molecule has 0 aromatic carbocycles. The second-order valence-corrected chi connectivity index (χ2v) is 3.38. The van der Waals surface area contributed by atoms with Crippen molar-refractivity contribution in [3.63, 3.8) is 0 Å². The SMILES string of the molecule is COCCN1CCN(CS)CC1. The van der Waals surface area contributed by atoms with E-state index >= 15 is 0 Å². The van der Waals surface area contributed by atoms with E-state index in [2.05, 4.69) is 22.4 Å². The van der Waals surface area contributed by atoms with Crippen LogP contribution >= 0.6 is 12.6 Å². The fraction of sp³-hybridized carbons (Fsp3) is 1.00. The highest BCUT2D eigenvalue weighted by Crippen LogP contribution is 2.01. The number of piperazine rings is 1. The summed E-state index contributed by atoms with van der Waals surface area (Å²) in [6, 6.07) is 0. The minimum Gasteiger partial charge on any atom is -0.383 e. The molecule has 72 valence electrons. The standard InChI is InChI=1S/C8H18N2OS/c1-11-7-6-9-2-4-10(8-12)5-3-9/h12H,2-8H2,1H3. The summed E-state index contributed by atoms with van der Waals surface area (Å²) >= 11 is 4.25. The molecule has 1 saturated heterocycles. The molecule has 1 heterocycles. The Kier molecular flexibility index (Phi) is 4.99. The molecule has 1 aliphatic rings. The Bertz CT molecular complexity index is 116. The largest absolute Gasteiger partial charge is 0.383 e. The first-order valence-electron chi connectivity index (χ1n) is 4.41. The summed E-state index contributed by atoms with van der Waals surface area (Å²) < 4.78 is 5.03. The fourth-order valence-electron chi connectivity index (χ4n) is 1.37. The molecule has 3 nitrogen and oxygen atoms in total. The summed E-state index contributed by atoms with van der Waals surface area (Å²) in [6.07, 6.45) is 0. The van der Waals surface area contributed by atoms with Gasteiger partial charge in [0, 0.05) is 45.7 Å². The molecule has 0 bridgehead atoms. The third-order valence-electron chi connectivity index (χ3n) is 2.28. The van der Waals surface area contributed by atoms with Gasteiger partial charge in [0.1, 0.15) is 0 Å². The van der Waals surface area contributed by atoms with E-state index < -0.39 is 0 Å². The fourth-order valence-corrected chi connectivity index (χ4v) is 1.66. The highest BCUT2D eigenvalue weighted by Gasteiger charge is 2.14. The summed E-state index contributed by atoms with van der Waals surface area (Å²) in [6.45, 7) is 6.52. The summed E-state index contributed by atoms with van der Waals surface area (Å²) in [5.74, 6) is 0.887. The van der Waals surface area contributed by atoms with Crippen molar-refractivity contribution in [2.45, 2.75) is 0 Å². The Labute approximate surface area is 80.1 Å². The molecule has 0 aromatic rings. The molecule has 1 rings (SSSR count). The Balaban J connectivity index is 2.09. The minimum atomic E-state index is 0.848. The topological polar surface area (TPSA) is 15.7 Å². The van der Waals surface area contributed by atoms with Crippen LogP contribution in [0.3, 0.4) is 0 Å². The third-order valence-corrected chi connectivity index (χ3v) is 2.68. The average molecular weight is 190 g/mol. The Hall–Kier alpha value is 0.230. The maximum atomic E-state index is 5.03. The lowest BCUT2D eigenvalue weighted by Gasteiger charge is -2.33. The van der Waals surface area contributed by atoms with Gasteiger partial charge >= 0.3 is 0 Å². The van der Waals surface area contributed by atoms with Crippen molar-refractivity contribution in [3.8, 4) is 0 Å². The van der Waals surface area contributed by atoms with Crippen LogP contribution in [0.2, 0.25) is 0 Å². The average Bonchev–Trinajstić information content (AvgIpc) is 2.15. The van der Waals surface area contributed by atoms with E-state index in [9.17, 15) is 0 Å². The first-order valence-corrected chi connectivity index (χ1v) is 5.04. The van der Waals surface area contributed by atoms with Gasteiger partial charge in [0.25, 0.3) is 0 Å². The van der Waals surface area contributed by atoms with Crippen LogP contribution in [0.4, 0.5) is 0 Å². The molecule has 0 amide bonds. The monoisotopic (exact) mass is 190 g/mol. The van der Waals surface area contributed by atoms with Crippen molar-refractivity contribution in [1.82, 2.24) is 9.80 Å². The molecular formula is C8H18N2OS. The number of rotatable bonds is 4. The van der Waals surface area contributed by atoms with E-state index in [1.54, 1.807) is 7.11 Å². The van der Waals surface area contributed by atoms with Gasteiger partial charge in [-0.1, -0.05) is 0 Å². The number of nitrogens with zero attached hydrogens (tertiary/aromatic N) is 2. The van der Waals surface area contributed by atoms with Gasteiger partial charge < -0.3 is 4.74 Å². The van der Waals surface area contributed by atoms with Crippen molar-refractivity contribution >= 4 is 12.6 Å². The maximum Gasteiger partial charge on any atom is 0.0589 e. The molecule has 0 radical (unpaired) electrons. The quantitative estimate of drug-likeness (QED) is 0.635. The zero-order chi connectivity index (χ0) is 8.81. The number of ether oxygens (including phenoxy) is 1. The molecular weight excluding hydrogens is 172 g/mol. The van der Waals surface area contributed by atoms with Crippen LogP contribution in [-0.4, -0.2) is 62.1 Å². The van der Waals surface area contributed by atoms with Crippen LogP contribution in [0.5, 0.6) is 0 Å². The zero-order valence-corrected chi connectivity index (χ0v) is 8.59. The zero-order valence-electron chi connectivity index (χ0n) is 7.70. The molecule has 0 unspecified atom stereocenters. The number of thiol groups is 1. The van der Waals surface area contributed by atoms with E-state index in [0.29, 0.717) is 0 Å². The summed E-state index contributed by atoms with van der Waals surface area (Å²) in [4.78, 5) is 4.79. The molecule has 1 aliphatic heterocycles. The first kappa shape index (κ1) is 10.3. The van der Waals surface area contributed by atoms with E-state index in [1.165, 1.54) is 0 Å². The third kappa shape index (κ3) is 3.31. The van der Waals surface area contributed by atoms with Crippen molar-refractivity contribution < 1.29 is 4.74 Å². The molecule has 0 spiro atoms. The van der Waals surface area contributed by atoms with Gasteiger partial charge in [-0.15, -0.1) is 0 Å². The van der Waals surface area contributed by atoms with E-state index in [1.807, 2.05) is 0 Å². The molecule has 0 aromatic heterocycles. The van der Waals surface area contributed by atoms with E-state index in [4.69, 9.17) is 4.74 Å². The van der Waals surface area contributed by atoms with Crippen molar-refractivity contribution in [2.24, 2.45) is 0 Å². The Morgan fingerprint density at radius 3 is 2.25 bits per heavy atom. The van der Waals surface area contributed by atoms with E-state index in [0.717, 1.165) is 45.2 Å². The van der Waals surface area contributed by atoms with Crippen LogP contribution in [0.25, 0.3) is 0 Å². The molecule has 0 aliphatic carbocycles. The predicted molar refractivity (Wildman–Crippen MR) is 53.7 cm³/mol. The van der Waals surface area contributed by atoms with Gasteiger partial charge in [-0.25, -0.2) is 0 Å². The van der Waals surface area contributed by atoms with Crippen LogP contribution in [0.15, 0.2) is 0 Å². The lowest BCUT2D eigenvalue weighted by atomic mass is 10.3. The molecule has 1 fully saturated rings. The smallest absolute Gasteiger partial charge is 0.0589 e. The van der Waals surface area contributed by atoms with E-state index in [-0.39, 0.29) is 0 Å². The number of hydrogen-bond acceptors (Lipinski definition) is 4. The van der Waals surface area contributed by atoms with Gasteiger partial charge in [0.2, 0.25) is 0 Å². The Morgan fingerprint density at radius 1 is 1.17 bits per heavy atom. The van der Waals surface area contributed by atoms with Crippen LogP contribution in [-0.2, 0) is 4.74 Å². The van der Waals surface area contributed by atoms with Gasteiger partial charge in [0.15, 0.2) is 0 Å². The van der Waals surface area contributed by atoms with Crippen molar-refractivity contribution in [2.75, 3.05) is 52.3 Å². The van der Waals surface area contributed by atoms with Crippen LogP contribution < -0.4 is 0 Å². The summed E-state index contributed by atoms with van der Waals surface area (Å²) in [7, 11) is 1.75. The first-order chi connectivity index (χ1) is 5.86. The molecule has 12 heavy (non-hydrogen) atoms. The highest BCUT2D eigenvalue weighted by molar-refractivity contribution is 7.80. The molecule has 4 heteroatoms. The second-order valence-electron chi connectivity index (χ2n) is 3.09. The normalized spacial score (nSPS) is 21.5. The lowest BCUT2D eigenvalue weighted by molar-refractivity contribution is 0.106. The molecule has 0 atom stereocenters. The number of methoxy groups -OCH3 is 1. The van der Waals surface area contributed by atoms with Gasteiger partial charge in [-0.2, -0.15) is 12.6 Å². The maximum absolute atomic E-state index is 5.03. The molecule has 0 N–H and O–H groups in total. The van der Waals surface area contributed by atoms with Gasteiger partial charge in [-0.05, 0) is 0 Å². The van der Waals surface area contributed by atoms with Crippen molar-refractivity contribution in [3.05, 3.63) is 0 Å². The highest BCUT2D eigenvalue weighted by atomic mass is 32.1. The minimum absolute atomic E-state index is 0.848. The Morgan fingerprint density at radius 2 is 1.75 bits per heavy atom. The van der Waals surface area contributed by atoms with Crippen LogP contribution in [0, 0.1) is 0 Å². The lowest BCUT2D eigenvalue weighted by Crippen LogP contribution is -2.46. The van der Waals surface area contributed by atoms with Gasteiger partial charge in [-0.3, -0.25) is 9.80 Å². The van der Waals surface area contributed by atoms with Crippen molar-refractivity contribution in [1.29, 1.82) is 0 Å². The summed E-state index contributed by atoms with van der Waals surface area (Å²) in [5.41, 5.74) is 0.